The standard InChI is InChI=1S/C17H25NO2/c1-11-8-14(19)9-12(2)15(11)10-16(18)17(20)13-6-4-3-5-7-13/h8-9,13,16,19H,3-7,10,18H2,1-2H3/t16-/m0/s1. The molecule has 3 nitrogen and oxygen atoms in total. The number of benzene rings is 1. The van der Waals surface area contributed by atoms with E-state index in [1.807, 2.05) is 13.8 Å². The molecule has 0 bridgehead atoms. The predicted octanol–water partition coefficient (Wildman–Crippen LogP) is 3.03. The first kappa shape index (κ1) is 15.0. The van der Waals surface area contributed by atoms with Gasteiger partial charge in [0.15, 0.2) is 5.78 Å². The number of phenols is 1. The molecular weight excluding hydrogens is 250 g/mol. The summed E-state index contributed by atoms with van der Waals surface area (Å²) in [7, 11) is 0. The minimum atomic E-state index is -0.417. The Bertz CT molecular complexity index is 467. The molecule has 3 heteroatoms. The first-order valence-corrected chi connectivity index (χ1v) is 7.57. The van der Waals surface area contributed by atoms with E-state index in [4.69, 9.17) is 5.73 Å². The van der Waals surface area contributed by atoms with Gasteiger partial charge in [-0.1, -0.05) is 19.3 Å². The van der Waals surface area contributed by atoms with Crippen molar-refractivity contribution in [2.75, 3.05) is 0 Å². The van der Waals surface area contributed by atoms with Crippen molar-refractivity contribution in [3.05, 3.63) is 28.8 Å². The number of hydrogen-bond donors (Lipinski definition) is 2. The molecule has 2 rings (SSSR count). The van der Waals surface area contributed by atoms with Crippen molar-refractivity contribution in [1.82, 2.24) is 0 Å². The Morgan fingerprint density at radius 1 is 1.25 bits per heavy atom. The molecule has 1 saturated carbocycles. The number of nitrogens with two attached hydrogens (primary N) is 1. The van der Waals surface area contributed by atoms with E-state index in [1.54, 1.807) is 12.1 Å². The van der Waals surface area contributed by atoms with Gasteiger partial charge in [0.25, 0.3) is 0 Å². The molecular formula is C17H25NO2. The lowest BCUT2D eigenvalue weighted by molar-refractivity contribution is -0.125. The van der Waals surface area contributed by atoms with Gasteiger partial charge in [-0.25, -0.2) is 0 Å². The topological polar surface area (TPSA) is 63.3 Å². The normalized spacial score (nSPS) is 17.9. The van der Waals surface area contributed by atoms with Crippen molar-refractivity contribution in [1.29, 1.82) is 0 Å². The average Bonchev–Trinajstić information content (AvgIpc) is 2.42. The lowest BCUT2D eigenvalue weighted by Gasteiger charge is -2.24. The summed E-state index contributed by atoms with van der Waals surface area (Å²) in [5.41, 5.74) is 9.26. The van der Waals surface area contributed by atoms with Gasteiger partial charge in [0.2, 0.25) is 0 Å². The molecule has 0 heterocycles. The zero-order chi connectivity index (χ0) is 14.7. The molecule has 1 atom stereocenters. The molecule has 110 valence electrons. The van der Waals surface area contributed by atoms with E-state index in [1.165, 1.54) is 6.42 Å². The van der Waals surface area contributed by atoms with Crippen LogP contribution >= 0.6 is 0 Å². The van der Waals surface area contributed by atoms with E-state index in [2.05, 4.69) is 0 Å². The summed E-state index contributed by atoms with van der Waals surface area (Å²) in [6.07, 6.45) is 6.13. The maximum atomic E-state index is 12.4. The molecule has 0 radical (unpaired) electrons. The number of Topliss-reactive ketones (excluding diaryl/α,β-unsaturated/α-hetero) is 1. The number of rotatable bonds is 4. The van der Waals surface area contributed by atoms with Gasteiger partial charge < -0.3 is 10.8 Å². The Hall–Kier alpha value is -1.35. The second-order valence-corrected chi connectivity index (χ2v) is 6.11. The molecule has 1 aromatic rings. The maximum absolute atomic E-state index is 12.4. The van der Waals surface area contributed by atoms with Crippen molar-refractivity contribution < 1.29 is 9.90 Å². The van der Waals surface area contributed by atoms with Gasteiger partial charge in [-0.2, -0.15) is 0 Å². The van der Waals surface area contributed by atoms with Crippen LogP contribution in [-0.2, 0) is 11.2 Å². The van der Waals surface area contributed by atoms with E-state index in [0.29, 0.717) is 6.42 Å². The van der Waals surface area contributed by atoms with E-state index < -0.39 is 6.04 Å². The Morgan fingerprint density at radius 3 is 2.35 bits per heavy atom. The molecule has 0 aliphatic heterocycles. The summed E-state index contributed by atoms with van der Waals surface area (Å²) in [4.78, 5) is 12.4. The minimum Gasteiger partial charge on any atom is -0.508 e. The second kappa shape index (κ2) is 6.40. The predicted molar refractivity (Wildman–Crippen MR) is 80.8 cm³/mol. The fourth-order valence-electron chi connectivity index (χ4n) is 3.30. The lowest BCUT2D eigenvalue weighted by atomic mass is 9.82. The number of carbonyl (C=O) groups is 1. The molecule has 0 aromatic heterocycles. The van der Waals surface area contributed by atoms with Gasteiger partial charge in [0.05, 0.1) is 6.04 Å². The summed E-state index contributed by atoms with van der Waals surface area (Å²) in [6.45, 7) is 3.92. The summed E-state index contributed by atoms with van der Waals surface area (Å²) >= 11 is 0. The molecule has 0 saturated heterocycles. The van der Waals surface area contributed by atoms with Crippen LogP contribution in [0, 0.1) is 19.8 Å². The van der Waals surface area contributed by atoms with Crippen molar-refractivity contribution >= 4 is 5.78 Å². The quantitative estimate of drug-likeness (QED) is 0.887. The van der Waals surface area contributed by atoms with E-state index in [0.717, 1.165) is 42.4 Å². The van der Waals surface area contributed by atoms with Crippen LogP contribution in [0.15, 0.2) is 12.1 Å². The highest BCUT2D eigenvalue weighted by atomic mass is 16.3. The SMILES string of the molecule is Cc1cc(O)cc(C)c1C[C@H](N)C(=O)C1CCCCC1. The molecule has 1 aliphatic carbocycles. The van der Waals surface area contributed by atoms with Gasteiger partial charge in [0.1, 0.15) is 5.75 Å². The maximum Gasteiger partial charge on any atom is 0.152 e. The molecule has 0 unspecified atom stereocenters. The van der Waals surface area contributed by atoms with Crippen LogP contribution in [0.25, 0.3) is 0 Å². The average molecular weight is 275 g/mol. The second-order valence-electron chi connectivity index (χ2n) is 6.11. The molecule has 1 aliphatic rings. The van der Waals surface area contributed by atoms with E-state index >= 15 is 0 Å². The third-order valence-corrected chi connectivity index (χ3v) is 4.48. The minimum absolute atomic E-state index is 0.163. The van der Waals surface area contributed by atoms with Crippen molar-refractivity contribution in [3.63, 3.8) is 0 Å². The molecule has 1 aromatic carbocycles. The Balaban J connectivity index is 2.07. The van der Waals surface area contributed by atoms with Crippen molar-refractivity contribution in [2.24, 2.45) is 11.7 Å². The monoisotopic (exact) mass is 275 g/mol. The van der Waals surface area contributed by atoms with Gasteiger partial charge >= 0.3 is 0 Å². The van der Waals surface area contributed by atoms with Gasteiger partial charge in [-0.3, -0.25) is 4.79 Å². The zero-order valence-electron chi connectivity index (χ0n) is 12.5. The Kier molecular flexibility index (Phi) is 4.81. The summed E-state index contributed by atoms with van der Waals surface area (Å²) in [6, 6.07) is 3.06. The molecule has 0 amide bonds. The first-order chi connectivity index (χ1) is 9.49. The summed E-state index contributed by atoms with van der Waals surface area (Å²) in [5.74, 6) is 0.656. The van der Waals surface area contributed by atoms with Crippen LogP contribution in [0.5, 0.6) is 5.75 Å². The van der Waals surface area contributed by atoms with Crippen LogP contribution in [-0.4, -0.2) is 16.9 Å². The number of aromatic hydroxyl groups is 1. The fourth-order valence-corrected chi connectivity index (χ4v) is 3.30. The number of ketones is 1. The fraction of sp³-hybridized carbons (Fsp3) is 0.588. The van der Waals surface area contributed by atoms with Crippen LogP contribution in [0.1, 0.15) is 48.8 Å². The van der Waals surface area contributed by atoms with Gasteiger partial charge in [-0.15, -0.1) is 0 Å². The third kappa shape index (κ3) is 3.40. The molecule has 0 spiro atoms. The number of hydrogen-bond acceptors (Lipinski definition) is 3. The van der Waals surface area contributed by atoms with E-state index in [-0.39, 0.29) is 17.5 Å². The zero-order valence-corrected chi connectivity index (χ0v) is 12.5. The molecule has 3 N–H and O–H groups in total. The first-order valence-electron chi connectivity index (χ1n) is 7.57. The third-order valence-electron chi connectivity index (χ3n) is 4.48. The van der Waals surface area contributed by atoms with E-state index in [9.17, 15) is 9.90 Å². The van der Waals surface area contributed by atoms with Crippen molar-refractivity contribution in [3.8, 4) is 5.75 Å². The summed E-state index contributed by atoms with van der Waals surface area (Å²) < 4.78 is 0. The number of aryl methyl sites for hydroxylation is 2. The van der Waals surface area contributed by atoms with Gasteiger partial charge in [-0.05, 0) is 61.9 Å². The largest absolute Gasteiger partial charge is 0.508 e. The molecule has 20 heavy (non-hydrogen) atoms. The van der Waals surface area contributed by atoms with Crippen LogP contribution in [0.3, 0.4) is 0 Å². The van der Waals surface area contributed by atoms with Crippen molar-refractivity contribution in [2.45, 2.75) is 58.4 Å². The van der Waals surface area contributed by atoms with Gasteiger partial charge in [0, 0.05) is 5.92 Å². The molecule has 1 fully saturated rings. The Labute approximate surface area is 121 Å². The van der Waals surface area contributed by atoms with Crippen LogP contribution in [0.4, 0.5) is 0 Å². The summed E-state index contributed by atoms with van der Waals surface area (Å²) in [5, 5.41) is 9.57. The van der Waals surface area contributed by atoms with Crippen LogP contribution in [0.2, 0.25) is 0 Å². The van der Waals surface area contributed by atoms with Crippen LogP contribution < -0.4 is 5.73 Å². The Morgan fingerprint density at radius 2 is 1.80 bits per heavy atom. The highest BCUT2D eigenvalue weighted by Crippen LogP contribution is 2.27. The lowest BCUT2D eigenvalue weighted by Crippen LogP contribution is -2.38. The number of carbonyl (C=O) groups excluding carboxylic acids is 1. The smallest absolute Gasteiger partial charge is 0.152 e. The highest BCUT2D eigenvalue weighted by molar-refractivity contribution is 5.86. The number of phenolic OH excluding ortho intramolecular Hbond substituents is 1. The highest BCUT2D eigenvalue weighted by Gasteiger charge is 2.26.